The summed E-state index contributed by atoms with van der Waals surface area (Å²) >= 11 is 0. The van der Waals surface area contributed by atoms with Gasteiger partial charge in [-0.25, -0.2) is 0 Å². The highest BCUT2D eigenvalue weighted by Crippen LogP contribution is 2.62. The van der Waals surface area contributed by atoms with Crippen molar-refractivity contribution in [2.24, 2.45) is 23.0 Å². The lowest BCUT2D eigenvalue weighted by atomic mass is 9.61. The van der Waals surface area contributed by atoms with Crippen LogP contribution in [-0.4, -0.2) is 34.9 Å². The first-order chi connectivity index (χ1) is 17.2. The van der Waals surface area contributed by atoms with Gasteiger partial charge in [0.05, 0.1) is 11.5 Å². The third kappa shape index (κ3) is 3.55. The maximum atomic E-state index is 12.8. The highest BCUT2D eigenvalue weighted by Gasteiger charge is 2.60. The highest BCUT2D eigenvalue weighted by atomic mass is 16.5. The van der Waals surface area contributed by atoms with Crippen LogP contribution in [0.15, 0.2) is 59.6 Å². The van der Waals surface area contributed by atoms with E-state index in [1.165, 1.54) is 6.92 Å². The molecule has 7 nitrogen and oxygen atoms in total. The lowest BCUT2D eigenvalue weighted by Gasteiger charge is -2.48. The van der Waals surface area contributed by atoms with E-state index in [1.807, 2.05) is 18.3 Å². The molecule has 0 spiro atoms. The van der Waals surface area contributed by atoms with Crippen LogP contribution in [0.1, 0.15) is 57.4 Å². The molecule has 2 aromatic rings. The Hall–Kier alpha value is -3.48. The Morgan fingerprint density at radius 3 is 2.81 bits per heavy atom. The fourth-order valence-electron chi connectivity index (χ4n) is 7.18. The number of ketones is 1. The fourth-order valence-corrected chi connectivity index (χ4v) is 7.18. The highest BCUT2D eigenvalue weighted by molar-refractivity contribution is 6.02. The monoisotopic (exact) mass is 486 g/mol. The number of hydrogen-bond donors (Lipinski definition) is 1. The summed E-state index contributed by atoms with van der Waals surface area (Å²) in [6.07, 6.45) is 8.03. The average molecular weight is 487 g/mol. The van der Waals surface area contributed by atoms with Crippen LogP contribution in [-0.2, 0) is 23.9 Å². The van der Waals surface area contributed by atoms with E-state index in [0.29, 0.717) is 24.2 Å². The van der Waals surface area contributed by atoms with Gasteiger partial charge in [0, 0.05) is 49.4 Å². The summed E-state index contributed by atoms with van der Waals surface area (Å²) in [5.41, 5.74) is 8.22. The minimum atomic E-state index is -0.529. The number of nitrogens with two attached hydrogens (primary N) is 1. The zero-order valence-corrected chi connectivity index (χ0v) is 20.5. The van der Waals surface area contributed by atoms with Gasteiger partial charge in [0.2, 0.25) is 5.91 Å². The number of rotatable bonds is 3. The maximum Gasteiger partial charge on any atom is 0.302 e. The lowest BCUT2D eigenvalue weighted by molar-refractivity contribution is -0.147. The Morgan fingerprint density at radius 1 is 1.19 bits per heavy atom. The van der Waals surface area contributed by atoms with Gasteiger partial charge in [-0.05, 0) is 53.3 Å². The molecule has 0 saturated heterocycles. The van der Waals surface area contributed by atoms with Gasteiger partial charge in [-0.15, -0.1) is 0 Å². The fraction of sp³-hybridized carbons (Fsp3) is 0.448. The summed E-state index contributed by atoms with van der Waals surface area (Å²) in [6, 6.07) is 8.41. The molecule has 6 atom stereocenters. The first kappa shape index (κ1) is 23.0. The number of primary amides is 1. The Balaban J connectivity index is 1.38. The molecule has 1 aliphatic heterocycles. The number of allylic oxidation sites excluding steroid dienone is 3. The molecule has 7 heteroatoms. The molecule has 2 unspecified atom stereocenters. The summed E-state index contributed by atoms with van der Waals surface area (Å²) in [4.78, 5) is 41.0. The average Bonchev–Trinajstić information content (AvgIpc) is 3.14. The van der Waals surface area contributed by atoms with Crippen molar-refractivity contribution in [3.05, 3.63) is 65.2 Å². The molecular weight excluding hydrogens is 456 g/mol. The Kier molecular flexibility index (Phi) is 5.28. The standard InChI is InChI=1S/C29H30N2O5/c1-15(32)35-25-13-22-27-18(10-21-23(33)11-20(28(30)34)12-24(21)36-27)5-7-29(22,2)26(25)17-3-4-19-14-31-8-6-16(19)9-17/h3-4,6,8-10,14,20,22,25-27H,5,7,11-13H2,1-2H3,(H2,30,34)/t20?,22-,25?,26-,27+,29-/m0/s1. The second-order valence-electron chi connectivity index (χ2n) is 11.0. The summed E-state index contributed by atoms with van der Waals surface area (Å²) in [7, 11) is 0. The molecule has 6 rings (SSSR count). The lowest BCUT2D eigenvalue weighted by Crippen LogP contribution is -2.44. The molecule has 4 aliphatic rings. The van der Waals surface area contributed by atoms with Crippen LogP contribution in [0.4, 0.5) is 0 Å². The third-order valence-corrected chi connectivity index (χ3v) is 8.91. The molecule has 1 amide bonds. The van der Waals surface area contributed by atoms with E-state index >= 15 is 0 Å². The van der Waals surface area contributed by atoms with Crippen molar-refractivity contribution >= 4 is 28.4 Å². The molecule has 36 heavy (non-hydrogen) atoms. The maximum absolute atomic E-state index is 12.8. The van der Waals surface area contributed by atoms with E-state index in [4.69, 9.17) is 15.2 Å². The molecule has 2 N–H and O–H groups in total. The predicted octanol–water partition coefficient (Wildman–Crippen LogP) is 4.11. The van der Waals surface area contributed by atoms with E-state index in [-0.39, 0.29) is 47.6 Å². The summed E-state index contributed by atoms with van der Waals surface area (Å²) in [5.74, 6) is -0.674. The van der Waals surface area contributed by atoms with Gasteiger partial charge in [-0.3, -0.25) is 19.4 Å². The molecule has 1 aromatic heterocycles. The number of benzene rings is 1. The molecule has 3 aliphatic carbocycles. The topological polar surface area (TPSA) is 109 Å². The first-order valence-corrected chi connectivity index (χ1v) is 12.7. The number of amides is 1. The SMILES string of the molecule is CC(=O)OC1C[C@H]2[C@@H]3OC4=C(C=C3CC[C@]2(C)[C@H]1c1ccc2cnccc2c1)C(=O)CC(C(N)=O)C4. The first-order valence-electron chi connectivity index (χ1n) is 12.7. The van der Waals surface area contributed by atoms with Crippen molar-refractivity contribution in [2.45, 2.75) is 64.1 Å². The molecule has 186 valence electrons. The van der Waals surface area contributed by atoms with Crippen molar-refractivity contribution in [2.75, 3.05) is 0 Å². The molecule has 0 radical (unpaired) electrons. The number of carbonyl (C=O) groups excluding carboxylic acids is 3. The minimum absolute atomic E-state index is 0.0100. The van der Waals surface area contributed by atoms with Crippen molar-refractivity contribution < 1.29 is 23.9 Å². The van der Waals surface area contributed by atoms with Crippen LogP contribution in [0.3, 0.4) is 0 Å². The molecule has 2 fully saturated rings. The number of esters is 1. The Morgan fingerprint density at radius 2 is 2.03 bits per heavy atom. The second-order valence-corrected chi connectivity index (χ2v) is 11.0. The van der Waals surface area contributed by atoms with Gasteiger partial charge in [0.1, 0.15) is 18.0 Å². The summed E-state index contributed by atoms with van der Waals surface area (Å²) in [5, 5.41) is 2.18. The van der Waals surface area contributed by atoms with Crippen LogP contribution in [0.25, 0.3) is 10.8 Å². The summed E-state index contributed by atoms with van der Waals surface area (Å²) in [6.45, 7) is 3.75. The van der Waals surface area contributed by atoms with Crippen LogP contribution < -0.4 is 5.73 Å². The Bertz CT molecular complexity index is 1360. The number of Topliss-reactive ketones (excluding diaryl/α,β-unsaturated/α-hetero) is 1. The number of fused-ring (bicyclic) bond motifs is 4. The van der Waals surface area contributed by atoms with Crippen molar-refractivity contribution in [1.82, 2.24) is 4.98 Å². The zero-order valence-electron chi connectivity index (χ0n) is 20.5. The smallest absolute Gasteiger partial charge is 0.302 e. The Labute approximate surface area is 209 Å². The number of carbonyl (C=O) groups is 3. The largest absolute Gasteiger partial charge is 0.489 e. The van der Waals surface area contributed by atoms with Gasteiger partial charge in [0.15, 0.2) is 5.78 Å². The molecule has 2 saturated carbocycles. The van der Waals surface area contributed by atoms with Gasteiger partial charge in [-0.2, -0.15) is 0 Å². The van der Waals surface area contributed by atoms with Crippen LogP contribution in [0, 0.1) is 17.3 Å². The molecule has 2 heterocycles. The third-order valence-electron chi connectivity index (χ3n) is 8.91. The summed E-state index contributed by atoms with van der Waals surface area (Å²) < 4.78 is 12.5. The van der Waals surface area contributed by atoms with Crippen molar-refractivity contribution in [1.29, 1.82) is 0 Å². The number of pyridine rings is 1. The van der Waals surface area contributed by atoms with E-state index in [9.17, 15) is 14.4 Å². The zero-order chi connectivity index (χ0) is 25.2. The van der Waals surface area contributed by atoms with Gasteiger partial charge in [0.25, 0.3) is 0 Å². The molecular formula is C29H30N2O5. The predicted molar refractivity (Wildman–Crippen MR) is 132 cm³/mol. The quantitative estimate of drug-likeness (QED) is 0.654. The number of ether oxygens (including phenoxy) is 2. The van der Waals surface area contributed by atoms with E-state index in [1.54, 1.807) is 6.20 Å². The number of hydrogen-bond acceptors (Lipinski definition) is 6. The van der Waals surface area contributed by atoms with E-state index < -0.39 is 11.8 Å². The van der Waals surface area contributed by atoms with Gasteiger partial charge in [-0.1, -0.05) is 25.1 Å². The van der Waals surface area contributed by atoms with E-state index in [2.05, 4.69) is 30.1 Å². The van der Waals surface area contributed by atoms with E-state index in [0.717, 1.165) is 34.8 Å². The second kappa shape index (κ2) is 8.29. The van der Waals surface area contributed by atoms with Crippen molar-refractivity contribution in [3.63, 3.8) is 0 Å². The van der Waals surface area contributed by atoms with Crippen LogP contribution in [0.2, 0.25) is 0 Å². The molecule has 1 aromatic carbocycles. The molecule has 0 bridgehead atoms. The number of nitrogens with zero attached hydrogens (tertiary/aromatic N) is 1. The van der Waals surface area contributed by atoms with Crippen LogP contribution >= 0.6 is 0 Å². The van der Waals surface area contributed by atoms with Gasteiger partial charge < -0.3 is 15.2 Å². The van der Waals surface area contributed by atoms with Crippen LogP contribution in [0.5, 0.6) is 0 Å². The number of aromatic nitrogens is 1. The van der Waals surface area contributed by atoms with Crippen molar-refractivity contribution in [3.8, 4) is 0 Å². The normalized spacial score (nSPS) is 33.2. The minimum Gasteiger partial charge on any atom is -0.489 e. The van der Waals surface area contributed by atoms with Gasteiger partial charge >= 0.3 is 5.97 Å².